The monoisotopic (exact) mass is 348 g/mol. The third-order valence-electron chi connectivity index (χ3n) is 3.51. The van der Waals surface area contributed by atoms with Crippen molar-refractivity contribution < 1.29 is 4.42 Å². The maximum atomic E-state index is 11.1. The number of aromatic nitrogens is 4. The molecule has 1 aromatic carbocycles. The average molecular weight is 348 g/mol. The summed E-state index contributed by atoms with van der Waals surface area (Å²) in [7, 11) is 0. The Balaban J connectivity index is 0.000000152. The van der Waals surface area contributed by atoms with Crippen LogP contribution in [-0.4, -0.2) is 20.4 Å². The predicted molar refractivity (Wildman–Crippen MR) is 97.6 cm³/mol. The third kappa shape index (κ3) is 4.21. The van der Waals surface area contributed by atoms with Crippen LogP contribution in [0.3, 0.4) is 0 Å². The van der Waals surface area contributed by atoms with Crippen molar-refractivity contribution >= 4 is 0 Å². The van der Waals surface area contributed by atoms with Crippen LogP contribution < -0.4 is 11.1 Å². The Bertz CT molecular complexity index is 1060. The molecule has 4 aromatic rings. The summed E-state index contributed by atoms with van der Waals surface area (Å²) in [6, 6.07) is 18.1. The van der Waals surface area contributed by atoms with Crippen molar-refractivity contribution in [2.45, 2.75) is 6.92 Å². The van der Waals surface area contributed by atoms with Gasteiger partial charge in [-0.1, -0.05) is 30.3 Å². The van der Waals surface area contributed by atoms with E-state index in [1.807, 2.05) is 30.3 Å². The minimum atomic E-state index is -0.217. The zero-order valence-electron chi connectivity index (χ0n) is 14.0. The van der Waals surface area contributed by atoms with Crippen molar-refractivity contribution in [3.05, 3.63) is 93.2 Å². The van der Waals surface area contributed by atoms with Crippen molar-refractivity contribution in [3.8, 4) is 22.7 Å². The molecule has 7 nitrogen and oxygen atoms in total. The maximum absolute atomic E-state index is 11.1. The summed E-state index contributed by atoms with van der Waals surface area (Å²) in [6.45, 7) is 1.77. The molecule has 26 heavy (non-hydrogen) atoms. The van der Waals surface area contributed by atoms with Gasteiger partial charge in [-0.2, -0.15) is 10.2 Å². The summed E-state index contributed by atoms with van der Waals surface area (Å²) in [6.07, 6.45) is 1.56. The fraction of sp³-hybridized carbons (Fsp3) is 0.0526. The summed E-state index contributed by atoms with van der Waals surface area (Å²) in [4.78, 5) is 21.7. The van der Waals surface area contributed by atoms with Crippen LogP contribution in [-0.2, 0) is 0 Å². The van der Waals surface area contributed by atoms with E-state index in [1.165, 1.54) is 6.07 Å². The molecule has 2 N–H and O–H groups in total. The lowest BCUT2D eigenvalue weighted by atomic mass is 10.1. The van der Waals surface area contributed by atoms with Crippen LogP contribution in [0.25, 0.3) is 22.7 Å². The second-order valence-electron chi connectivity index (χ2n) is 5.42. The van der Waals surface area contributed by atoms with Crippen molar-refractivity contribution in [2.75, 3.05) is 0 Å². The number of benzene rings is 1. The largest absolute Gasteiger partial charge is 0.463 e. The average Bonchev–Trinajstić information content (AvgIpc) is 3.21. The van der Waals surface area contributed by atoms with Crippen LogP contribution in [0.2, 0.25) is 0 Å². The Kier molecular flexibility index (Phi) is 5.19. The summed E-state index contributed by atoms with van der Waals surface area (Å²) in [5.41, 5.74) is 2.75. The standard InChI is InChI=1S/C11H10N2O.C8H6N2O2/c1-8-7-10(12-13-11(8)14)9-5-3-2-4-6-9;11-8-4-3-6(9-10-8)7-2-1-5-12-7/h2-7H,1H3,(H,13,14);1-5H,(H,10,11). The molecule has 0 spiro atoms. The Hall–Kier alpha value is -3.74. The van der Waals surface area contributed by atoms with Crippen LogP contribution in [0.4, 0.5) is 0 Å². The zero-order valence-corrected chi connectivity index (χ0v) is 14.0. The fourth-order valence-electron chi connectivity index (χ4n) is 2.16. The van der Waals surface area contributed by atoms with Gasteiger partial charge in [-0.3, -0.25) is 9.59 Å². The molecule has 0 aliphatic heterocycles. The molecule has 0 aliphatic rings. The topological polar surface area (TPSA) is 105 Å². The molecule has 0 aliphatic carbocycles. The first kappa shape index (κ1) is 17.1. The molecule has 7 heteroatoms. The molecule has 3 aromatic heterocycles. The molecular formula is C19H16N4O3. The van der Waals surface area contributed by atoms with Crippen molar-refractivity contribution in [1.29, 1.82) is 0 Å². The van der Waals surface area contributed by atoms with Gasteiger partial charge >= 0.3 is 0 Å². The lowest BCUT2D eigenvalue weighted by Crippen LogP contribution is -2.11. The van der Waals surface area contributed by atoms with E-state index in [0.29, 0.717) is 17.0 Å². The molecule has 130 valence electrons. The van der Waals surface area contributed by atoms with Gasteiger partial charge < -0.3 is 4.42 Å². The van der Waals surface area contributed by atoms with E-state index in [1.54, 1.807) is 37.5 Å². The Morgan fingerprint density at radius 3 is 2.23 bits per heavy atom. The molecule has 0 unspecified atom stereocenters. The van der Waals surface area contributed by atoms with Gasteiger partial charge in [-0.25, -0.2) is 10.2 Å². The van der Waals surface area contributed by atoms with Crippen molar-refractivity contribution in [3.63, 3.8) is 0 Å². The van der Waals surface area contributed by atoms with Crippen LogP contribution >= 0.6 is 0 Å². The summed E-state index contributed by atoms with van der Waals surface area (Å²) < 4.78 is 5.07. The molecule has 3 heterocycles. The highest BCUT2D eigenvalue weighted by Gasteiger charge is 2.01. The lowest BCUT2D eigenvalue weighted by Gasteiger charge is -1.99. The number of hydrogen-bond acceptors (Lipinski definition) is 5. The highest BCUT2D eigenvalue weighted by molar-refractivity contribution is 5.58. The molecule has 0 saturated carbocycles. The maximum Gasteiger partial charge on any atom is 0.267 e. The number of hydrogen-bond donors (Lipinski definition) is 2. The number of nitrogens with one attached hydrogen (secondary N) is 2. The number of aryl methyl sites for hydroxylation is 1. The molecule has 0 radical (unpaired) electrons. The van der Waals surface area contributed by atoms with E-state index in [4.69, 9.17) is 4.42 Å². The van der Waals surface area contributed by atoms with Gasteiger partial charge in [0.15, 0.2) is 5.76 Å². The first-order chi connectivity index (χ1) is 12.6. The number of furan rings is 1. The van der Waals surface area contributed by atoms with Crippen molar-refractivity contribution in [2.24, 2.45) is 0 Å². The highest BCUT2D eigenvalue weighted by Crippen LogP contribution is 2.15. The number of nitrogens with zero attached hydrogens (tertiary/aromatic N) is 2. The molecule has 0 atom stereocenters. The molecule has 4 rings (SSSR count). The van der Waals surface area contributed by atoms with E-state index in [9.17, 15) is 9.59 Å². The van der Waals surface area contributed by atoms with Gasteiger partial charge in [0.05, 0.1) is 12.0 Å². The molecule has 0 saturated heterocycles. The van der Waals surface area contributed by atoms with E-state index in [2.05, 4.69) is 20.4 Å². The van der Waals surface area contributed by atoms with Gasteiger partial charge in [0.1, 0.15) is 5.69 Å². The fourth-order valence-corrected chi connectivity index (χ4v) is 2.16. The Morgan fingerprint density at radius 1 is 0.846 bits per heavy atom. The van der Waals surface area contributed by atoms with E-state index in [0.717, 1.165) is 11.3 Å². The number of aromatic amines is 2. The normalized spacial score (nSPS) is 10.0. The third-order valence-corrected chi connectivity index (χ3v) is 3.51. The SMILES string of the molecule is Cc1cc(-c2ccccc2)n[nH]c1=O.O=c1ccc(-c2ccco2)n[nH]1. The molecule has 0 bridgehead atoms. The molecule has 0 amide bonds. The summed E-state index contributed by atoms with van der Waals surface area (Å²) in [5, 5.41) is 12.5. The van der Waals surface area contributed by atoms with E-state index in [-0.39, 0.29) is 11.1 Å². The smallest absolute Gasteiger partial charge is 0.267 e. The van der Waals surface area contributed by atoms with Gasteiger partial charge in [0.2, 0.25) is 0 Å². The first-order valence-electron chi connectivity index (χ1n) is 7.85. The van der Waals surface area contributed by atoms with Crippen LogP contribution in [0.15, 0.2) is 80.9 Å². The van der Waals surface area contributed by atoms with Crippen LogP contribution in [0.5, 0.6) is 0 Å². The summed E-state index contributed by atoms with van der Waals surface area (Å²) >= 11 is 0. The number of rotatable bonds is 2. The Morgan fingerprint density at radius 2 is 1.62 bits per heavy atom. The van der Waals surface area contributed by atoms with E-state index >= 15 is 0 Å². The minimum Gasteiger partial charge on any atom is -0.463 e. The first-order valence-corrected chi connectivity index (χ1v) is 7.85. The Labute approximate surface area is 148 Å². The van der Waals surface area contributed by atoms with Gasteiger partial charge in [-0.05, 0) is 31.2 Å². The van der Waals surface area contributed by atoms with Crippen LogP contribution in [0.1, 0.15) is 5.56 Å². The quantitative estimate of drug-likeness (QED) is 0.579. The second kappa shape index (κ2) is 7.89. The van der Waals surface area contributed by atoms with Gasteiger partial charge in [0.25, 0.3) is 11.1 Å². The second-order valence-corrected chi connectivity index (χ2v) is 5.42. The van der Waals surface area contributed by atoms with Gasteiger partial charge in [-0.15, -0.1) is 0 Å². The highest BCUT2D eigenvalue weighted by atomic mass is 16.3. The van der Waals surface area contributed by atoms with Crippen LogP contribution in [0, 0.1) is 6.92 Å². The minimum absolute atomic E-state index is 0.135. The van der Waals surface area contributed by atoms with E-state index < -0.39 is 0 Å². The molecular weight excluding hydrogens is 332 g/mol. The lowest BCUT2D eigenvalue weighted by molar-refractivity contribution is 0.578. The predicted octanol–water partition coefficient (Wildman–Crippen LogP) is 2.78. The summed E-state index contributed by atoms with van der Waals surface area (Å²) in [5.74, 6) is 0.645. The number of H-pyrrole nitrogens is 2. The zero-order chi connectivity index (χ0) is 18.4. The van der Waals surface area contributed by atoms with Crippen molar-refractivity contribution in [1.82, 2.24) is 20.4 Å². The molecule has 0 fully saturated rings. The van der Waals surface area contributed by atoms with Gasteiger partial charge in [0, 0.05) is 17.2 Å².